The molecule has 0 spiro atoms. The summed E-state index contributed by atoms with van der Waals surface area (Å²) < 4.78 is 0. The Morgan fingerprint density at radius 3 is 1.72 bits per heavy atom. The molecule has 0 bridgehead atoms. The molecule has 0 amide bonds. The summed E-state index contributed by atoms with van der Waals surface area (Å²) in [5.41, 5.74) is 6.18. The molecule has 0 unspecified atom stereocenters. The summed E-state index contributed by atoms with van der Waals surface area (Å²) >= 11 is 0. The van der Waals surface area contributed by atoms with Gasteiger partial charge < -0.3 is 0 Å². The van der Waals surface area contributed by atoms with Gasteiger partial charge in [-0.1, -0.05) is 75.7 Å². The zero-order chi connectivity index (χ0) is 12.8. The molecule has 0 aromatic heterocycles. The Hall–Kier alpha value is -1.56. The highest BCUT2D eigenvalue weighted by atomic mass is 14.4. The fraction of sp³-hybridized carbons (Fsp3) is 0.333. The minimum absolute atomic E-state index is 0.308. The maximum atomic E-state index is 2.39. The lowest BCUT2D eigenvalue weighted by Crippen LogP contribution is -2.20. The van der Waals surface area contributed by atoms with Crippen LogP contribution in [0.3, 0.4) is 0 Å². The van der Waals surface area contributed by atoms with Crippen LogP contribution < -0.4 is 0 Å². The van der Waals surface area contributed by atoms with Gasteiger partial charge in [0, 0.05) is 5.92 Å². The lowest BCUT2D eigenvalue weighted by molar-refractivity contribution is 0.309. The van der Waals surface area contributed by atoms with Gasteiger partial charge in [0.2, 0.25) is 0 Å². The second kappa shape index (κ2) is 3.98. The van der Waals surface area contributed by atoms with E-state index >= 15 is 0 Å². The van der Waals surface area contributed by atoms with Crippen LogP contribution in [0, 0.1) is 5.41 Å². The zero-order valence-corrected chi connectivity index (χ0v) is 11.4. The molecule has 18 heavy (non-hydrogen) atoms. The number of hydrogen-bond acceptors (Lipinski definition) is 0. The smallest absolute Gasteiger partial charge is 0.0153 e. The van der Waals surface area contributed by atoms with Gasteiger partial charge >= 0.3 is 0 Å². The fourth-order valence-corrected chi connectivity index (χ4v) is 3.20. The third-order valence-corrected chi connectivity index (χ3v) is 4.53. The van der Waals surface area contributed by atoms with E-state index in [-0.39, 0.29) is 0 Å². The summed E-state index contributed by atoms with van der Waals surface area (Å²) in [6.07, 6.45) is 1.19. The van der Waals surface area contributed by atoms with E-state index < -0.39 is 0 Å². The van der Waals surface area contributed by atoms with E-state index in [4.69, 9.17) is 0 Å². The first-order valence-corrected chi connectivity index (χ1v) is 6.83. The van der Waals surface area contributed by atoms with Crippen LogP contribution in [0.25, 0.3) is 11.1 Å². The van der Waals surface area contributed by atoms with Crippen molar-refractivity contribution >= 4 is 0 Å². The van der Waals surface area contributed by atoms with Crippen LogP contribution in [0.15, 0.2) is 48.5 Å². The largest absolute Gasteiger partial charge is 0.0648 e. The minimum Gasteiger partial charge on any atom is -0.0648 e. The summed E-state index contributed by atoms with van der Waals surface area (Å²) in [6, 6.07) is 17.8. The molecular formula is C18H20. The summed E-state index contributed by atoms with van der Waals surface area (Å²) in [5, 5.41) is 0. The first-order chi connectivity index (χ1) is 8.65. The average molecular weight is 236 g/mol. The molecule has 1 aliphatic rings. The van der Waals surface area contributed by atoms with Gasteiger partial charge in [-0.05, 0) is 27.7 Å². The Balaban J connectivity index is 2.27. The third kappa shape index (κ3) is 1.52. The van der Waals surface area contributed by atoms with Crippen molar-refractivity contribution in [3.05, 3.63) is 59.7 Å². The molecule has 92 valence electrons. The Morgan fingerprint density at radius 1 is 0.833 bits per heavy atom. The van der Waals surface area contributed by atoms with Crippen molar-refractivity contribution in [2.75, 3.05) is 0 Å². The molecule has 0 saturated carbocycles. The molecule has 0 atom stereocenters. The van der Waals surface area contributed by atoms with E-state index in [0.717, 1.165) is 0 Å². The molecule has 2 aromatic rings. The van der Waals surface area contributed by atoms with Crippen LogP contribution >= 0.6 is 0 Å². The van der Waals surface area contributed by atoms with Crippen molar-refractivity contribution in [2.24, 2.45) is 5.41 Å². The van der Waals surface area contributed by atoms with E-state index in [1.165, 1.54) is 28.7 Å². The molecule has 0 aliphatic heterocycles. The molecule has 0 radical (unpaired) electrons. The highest BCUT2D eigenvalue weighted by Crippen LogP contribution is 2.53. The van der Waals surface area contributed by atoms with Gasteiger partial charge in [0.05, 0.1) is 0 Å². The highest BCUT2D eigenvalue weighted by molar-refractivity contribution is 5.79. The summed E-state index contributed by atoms with van der Waals surface area (Å²) in [4.78, 5) is 0. The fourth-order valence-electron chi connectivity index (χ4n) is 3.20. The monoisotopic (exact) mass is 236 g/mol. The van der Waals surface area contributed by atoms with Crippen molar-refractivity contribution < 1.29 is 0 Å². The van der Waals surface area contributed by atoms with E-state index in [1.807, 2.05) is 0 Å². The van der Waals surface area contributed by atoms with Crippen molar-refractivity contribution in [2.45, 2.75) is 33.1 Å². The number of rotatable bonds is 2. The topological polar surface area (TPSA) is 0 Å². The van der Waals surface area contributed by atoms with Gasteiger partial charge in [0.15, 0.2) is 0 Å². The van der Waals surface area contributed by atoms with Crippen molar-refractivity contribution in [1.82, 2.24) is 0 Å². The highest BCUT2D eigenvalue weighted by Gasteiger charge is 2.37. The maximum Gasteiger partial charge on any atom is 0.0153 e. The standard InChI is InChI=1S/C18H20/c1-4-18(2,3)17-15-11-7-5-9-13(15)14-10-6-8-12-16(14)17/h5-12,17H,4H2,1-3H3. The lowest BCUT2D eigenvalue weighted by atomic mass is 9.72. The van der Waals surface area contributed by atoms with Gasteiger partial charge in [-0.15, -0.1) is 0 Å². The van der Waals surface area contributed by atoms with E-state index in [2.05, 4.69) is 69.3 Å². The first-order valence-electron chi connectivity index (χ1n) is 6.83. The lowest BCUT2D eigenvalue weighted by Gasteiger charge is -2.32. The minimum atomic E-state index is 0.308. The molecular weight excluding hydrogens is 216 g/mol. The number of hydrogen-bond donors (Lipinski definition) is 0. The van der Waals surface area contributed by atoms with E-state index in [9.17, 15) is 0 Å². The maximum absolute atomic E-state index is 2.39. The SMILES string of the molecule is CCC(C)(C)C1c2ccccc2-c2ccccc21. The Labute approximate surface area is 110 Å². The number of benzene rings is 2. The third-order valence-electron chi connectivity index (χ3n) is 4.53. The van der Waals surface area contributed by atoms with Gasteiger partial charge in [-0.25, -0.2) is 0 Å². The van der Waals surface area contributed by atoms with Crippen LogP contribution in [0.4, 0.5) is 0 Å². The molecule has 0 heteroatoms. The molecule has 2 aromatic carbocycles. The van der Waals surface area contributed by atoms with E-state index in [0.29, 0.717) is 11.3 Å². The second-order valence-corrected chi connectivity index (χ2v) is 5.95. The predicted octanol–water partition coefficient (Wildman–Crippen LogP) is 5.24. The summed E-state index contributed by atoms with van der Waals surface area (Å²) in [5.74, 6) is 0.537. The normalized spacial score (nSPS) is 14.4. The first kappa shape index (κ1) is 11.5. The summed E-state index contributed by atoms with van der Waals surface area (Å²) in [6.45, 7) is 7.07. The van der Waals surface area contributed by atoms with E-state index in [1.54, 1.807) is 0 Å². The van der Waals surface area contributed by atoms with Crippen LogP contribution in [-0.2, 0) is 0 Å². The Kier molecular flexibility index (Phi) is 2.55. The summed E-state index contributed by atoms with van der Waals surface area (Å²) in [7, 11) is 0. The zero-order valence-electron chi connectivity index (χ0n) is 11.4. The Bertz CT molecular complexity index is 533. The van der Waals surface area contributed by atoms with Crippen molar-refractivity contribution in [3.8, 4) is 11.1 Å². The second-order valence-electron chi connectivity index (χ2n) is 5.95. The average Bonchev–Trinajstić information content (AvgIpc) is 2.74. The molecule has 0 N–H and O–H groups in total. The van der Waals surface area contributed by atoms with Gasteiger partial charge in [-0.2, -0.15) is 0 Å². The quantitative estimate of drug-likeness (QED) is 0.669. The predicted molar refractivity (Wildman–Crippen MR) is 77.8 cm³/mol. The molecule has 3 rings (SSSR count). The number of fused-ring (bicyclic) bond motifs is 3. The van der Waals surface area contributed by atoms with Gasteiger partial charge in [0.25, 0.3) is 0 Å². The molecule has 0 fully saturated rings. The van der Waals surface area contributed by atoms with Crippen LogP contribution in [-0.4, -0.2) is 0 Å². The van der Waals surface area contributed by atoms with Gasteiger partial charge in [0.1, 0.15) is 0 Å². The van der Waals surface area contributed by atoms with Crippen LogP contribution in [0.2, 0.25) is 0 Å². The van der Waals surface area contributed by atoms with Crippen LogP contribution in [0.1, 0.15) is 44.2 Å². The molecule has 0 heterocycles. The van der Waals surface area contributed by atoms with Crippen LogP contribution in [0.5, 0.6) is 0 Å². The molecule has 0 saturated heterocycles. The van der Waals surface area contributed by atoms with Gasteiger partial charge in [-0.3, -0.25) is 0 Å². The molecule has 0 nitrogen and oxygen atoms in total. The van der Waals surface area contributed by atoms with Crippen molar-refractivity contribution in [1.29, 1.82) is 0 Å². The molecule has 1 aliphatic carbocycles. The van der Waals surface area contributed by atoms with Crippen molar-refractivity contribution in [3.63, 3.8) is 0 Å². The Morgan fingerprint density at radius 2 is 1.28 bits per heavy atom.